The van der Waals surface area contributed by atoms with Gasteiger partial charge in [-0.15, -0.1) is 0 Å². The highest BCUT2D eigenvalue weighted by Crippen LogP contribution is 2.45. The summed E-state index contributed by atoms with van der Waals surface area (Å²) in [6.45, 7) is 9.96. The zero-order valence-electron chi connectivity index (χ0n) is 26.3. The third-order valence-electron chi connectivity index (χ3n) is 9.66. The van der Waals surface area contributed by atoms with E-state index in [1.54, 1.807) is 6.92 Å². The second-order valence-corrected chi connectivity index (χ2v) is 12.8. The van der Waals surface area contributed by atoms with Gasteiger partial charge in [-0.2, -0.15) is 0 Å². The van der Waals surface area contributed by atoms with Gasteiger partial charge in [0.05, 0.1) is 0 Å². The lowest BCUT2D eigenvalue weighted by Crippen LogP contribution is -2.30. The first kappa shape index (κ1) is 34.6. The third-order valence-corrected chi connectivity index (χ3v) is 9.66. The van der Waals surface area contributed by atoms with E-state index in [0.717, 1.165) is 42.9 Å². The Kier molecular flexibility index (Phi) is 10.2. The van der Waals surface area contributed by atoms with Crippen LogP contribution in [0.25, 0.3) is 0 Å². The van der Waals surface area contributed by atoms with Crippen molar-refractivity contribution < 1.29 is 39.9 Å². The van der Waals surface area contributed by atoms with Crippen LogP contribution in [0, 0.1) is 73.4 Å². The van der Waals surface area contributed by atoms with Crippen molar-refractivity contribution in [1.82, 2.24) is 0 Å². The van der Waals surface area contributed by atoms with Crippen LogP contribution in [0.1, 0.15) is 94.9 Å². The van der Waals surface area contributed by atoms with E-state index in [9.17, 15) is 39.9 Å². The molecule has 0 spiro atoms. The summed E-state index contributed by atoms with van der Waals surface area (Å²) in [5, 5.41) is 0. The molecule has 0 aromatic heterocycles. The largest absolute Gasteiger partial charge is 0.294 e. The number of fused-ring (bicyclic) bond motifs is 3. The first-order valence-corrected chi connectivity index (χ1v) is 15.3. The fourth-order valence-electron chi connectivity index (χ4n) is 6.56. The number of halogens is 8. The molecule has 0 radical (unpaired) electrons. The second-order valence-electron chi connectivity index (χ2n) is 12.8. The molecule has 0 heterocycles. The fourth-order valence-corrected chi connectivity index (χ4v) is 6.56. The summed E-state index contributed by atoms with van der Waals surface area (Å²) >= 11 is 0. The Balaban J connectivity index is 0.000000154. The maximum atomic E-state index is 13.8. The monoisotopic (exact) mass is 638 g/mol. The van der Waals surface area contributed by atoms with Crippen molar-refractivity contribution in [2.24, 2.45) is 17.8 Å². The predicted octanol–water partition coefficient (Wildman–Crippen LogP) is 10.4. The minimum absolute atomic E-state index is 0.0153. The van der Waals surface area contributed by atoms with Crippen LogP contribution in [0.3, 0.4) is 0 Å². The van der Waals surface area contributed by atoms with Crippen LogP contribution in [-0.2, 0) is 31.6 Å². The van der Waals surface area contributed by atoms with E-state index in [-0.39, 0.29) is 34.0 Å². The highest BCUT2D eigenvalue weighted by Gasteiger charge is 2.44. The number of hydrogen-bond acceptors (Lipinski definition) is 1. The molecule has 3 unspecified atom stereocenters. The highest BCUT2D eigenvalue weighted by molar-refractivity contribution is 6.00. The van der Waals surface area contributed by atoms with E-state index in [2.05, 4.69) is 6.92 Å². The van der Waals surface area contributed by atoms with Crippen LogP contribution in [0.15, 0.2) is 18.2 Å². The van der Waals surface area contributed by atoms with Crippen molar-refractivity contribution in [2.75, 3.05) is 0 Å². The van der Waals surface area contributed by atoms with E-state index >= 15 is 0 Å². The SMILES string of the molecule is Cc1c(F)c(F)cc2c1CCC(C)C2.Cc1c(F)c(F)cc2c1CCC(C)C2(F)F.Cc1c(F)c(F)cc2c1CCC(C)C2=O. The molecule has 3 aromatic carbocycles. The van der Waals surface area contributed by atoms with Crippen molar-refractivity contribution in [3.8, 4) is 0 Å². The van der Waals surface area contributed by atoms with Crippen LogP contribution in [0.5, 0.6) is 0 Å². The molecule has 0 N–H and O–H groups in total. The fraction of sp³-hybridized carbons (Fsp3) is 0.472. The molecule has 6 rings (SSSR count). The van der Waals surface area contributed by atoms with Gasteiger partial charge in [-0.3, -0.25) is 4.79 Å². The molecule has 0 bridgehead atoms. The van der Waals surface area contributed by atoms with Crippen LogP contribution in [0.2, 0.25) is 0 Å². The molecule has 45 heavy (non-hydrogen) atoms. The molecule has 0 saturated heterocycles. The van der Waals surface area contributed by atoms with Gasteiger partial charge in [0.15, 0.2) is 40.7 Å². The lowest BCUT2D eigenvalue weighted by Gasteiger charge is -2.32. The maximum Gasteiger partial charge on any atom is 0.276 e. The minimum atomic E-state index is -3.06. The van der Waals surface area contributed by atoms with Gasteiger partial charge < -0.3 is 0 Å². The van der Waals surface area contributed by atoms with Crippen molar-refractivity contribution >= 4 is 5.78 Å². The molecule has 0 amide bonds. The van der Waals surface area contributed by atoms with Gasteiger partial charge in [-0.05, 0) is 129 Å². The Morgan fingerprint density at radius 1 is 0.644 bits per heavy atom. The summed E-state index contributed by atoms with van der Waals surface area (Å²) in [6, 6.07) is 3.05. The van der Waals surface area contributed by atoms with E-state index < -0.39 is 46.7 Å². The first-order valence-electron chi connectivity index (χ1n) is 15.3. The molecule has 3 aliphatic carbocycles. The summed E-state index contributed by atoms with van der Waals surface area (Å²) in [5.74, 6) is -8.77. The topological polar surface area (TPSA) is 17.1 Å². The third kappa shape index (κ3) is 6.68. The number of hydrogen-bond donors (Lipinski definition) is 0. The van der Waals surface area contributed by atoms with E-state index in [1.807, 2.05) is 6.92 Å². The number of Topliss-reactive ketones (excluding diaryl/α,β-unsaturated/α-hetero) is 1. The average Bonchev–Trinajstić information content (AvgIpc) is 2.99. The molecular weight excluding hydrogens is 600 g/mol. The second kappa shape index (κ2) is 13.2. The van der Waals surface area contributed by atoms with Gasteiger partial charge in [0.2, 0.25) is 0 Å². The normalized spacial score (nSPS) is 21.4. The van der Waals surface area contributed by atoms with Gasteiger partial charge in [0, 0.05) is 23.0 Å². The number of alkyl halides is 2. The molecule has 0 aliphatic heterocycles. The molecule has 244 valence electrons. The Labute approximate surface area is 259 Å². The summed E-state index contributed by atoms with van der Waals surface area (Å²) < 4.78 is 107. The van der Waals surface area contributed by atoms with Gasteiger partial charge in [0.1, 0.15) is 0 Å². The molecule has 3 aliphatic rings. The quantitative estimate of drug-likeness (QED) is 0.224. The van der Waals surface area contributed by atoms with Crippen molar-refractivity contribution in [3.05, 3.63) is 103 Å². The van der Waals surface area contributed by atoms with Crippen LogP contribution < -0.4 is 0 Å². The van der Waals surface area contributed by atoms with Crippen molar-refractivity contribution in [1.29, 1.82) is 0 Å². The number of carbonyl (C=O) groups is 1. The molecule has 0 saturated carbocycles. The van der Waals surface area contributed by atoms with E-state index in [1.165, 1.54) is 26.8 Å². The lowest BCUT2D eigenvalue weighted by atomic mass is 9.79. The summed E-state index contributed by atoms with van der Waals surface area (Å²) in [6.07, 6.45) is 4.91. The smallest absolute Gasteiger partial charge is 0.276 e. The van der Waals surface area contributed by atoms with Crippen molar-refractivity contribution in [2.45, 2.75) is 92.4 Å². The van der Waals surface area contributed by atoms with Crippen LogP contribution in [-0.4, -0.2) is 5.78 Å². The van der Waals surface area contributed by atoms with Gasteiger partial charge in [-0.1, -0.05) is 20.8 Å². The molecule has 3 atom stereocenters. The van der Waals surface area contributed by atoms with Crippen molar-refractivity contribution in [3.63, 3.8) is 0 Å². The number of carbonyl (C=O) groups excluding carboxylic acids is 1. The minimum Gasteiger partial charge on any atom is -0.294 e. The Morgan fingerprint density at radius 3 is 1.76 bits per heavy atom. The molecule has 1 nitrogen and oxygen atoms in total. The standard InChI is InChI=1S/C12H12F4.C12H12F2O.C12H14F2/c1-6-3-4-8-7(2)11(14)10(13)5-9(8)12(6,15)16;1-6-3-4-8-7(2)11(14)10(13)5-9(8)12(6)15;1-7-3-4-10-8(2)12(14)11(13)6-9(10)5-7/h5-6H,3-4H2,1-2H3;5-6H,3-4H2,1-2H3;6-7H,3-5H2,1-2H3. The number of rotatable bonds is 0. The summed E-state index contributed by atoms with van der Waals surface area (Å²) in [4.78, 5) is 11.7. The lowest BCUT2D eigenvalue weighted by molar-refractivity contribution is -0.0685. The predicted molar refractivity (Wildman–Crippen MR) is 158 cm³/mol. The Hall–Kier alpha value is -3.23. The Bertz CT molecular complexity index is 1630. The van der Waals surface area contributed by atoms with E-state index in [4.69, 9.17) is 0 Å². The van der Waals surface area contributed by atoms with Crippen LogP contribution >= 0.6 is 0 Å². The summed E-state index contributed by atoms with van der Waals surface area (Å²) in [5.41, 5.74) is 3.80. The first-order chi connectivity index (χ1) is 21.0. The number of ketones is 1. The van der Waals surface area contributed by atoms with Crippen LogP contribution in [0.4, 0.5) is 35.1 Å². The van der Waals surface area contributed by atoms with Gasteiger partial charge >= 0.3 is 0 Å². The molecule has 0 fully saturated rings. The summed E-state index contributed by atoms with van der Waals surface area (Å²) in [7, 11) is 0. The average molecular weight is 639 g/mol. The Morgan fingerprint density at radius 2 is 1.13 bits per heavy atom. The molecule has 3 aromatic rings. The zero-order chi connectivity index (χ0) is 33.5. The van der Waals surface area contributed by atoms with Gasteiger partial charge in [0.25, 0.3) is 5.92 Å². The number of benzene rings is 3. The van der Waals surface area contributed by atoms with E-state index in [0.29, 0.717) is 47.9 Å². The van der Waals surface area contributed by atoms with Gasteiger partial charge in [-0.25, -0.2) is 35.1 Å². The molecular formula is C36H38F8O. The highest BCUT2D eigenvalue weighted by atomic mass is 19.3. The molecule has 9 heteroatoms. The zero-order valence-corrected chi connectivity index (χ0v) is 26.3. The maximum absolute atomic E-state index is 13.8.